The minimum absolute atomic E-state index is 0.111. The third-order valence-electron chi connectivity index (χ3n) is 3.51. The van der Waals surface area contributed by atoms with Crippen molar-refractivity contribution >= 4 is 23.2 Å². The highest BCUT2D eigenvalue weighted by molar-refractivity contribution is 6.33. The summed E-state index contributed by atoms with van der Waals surface area (Å²) in [5.41, 5.74) is 1.03. The van der Waals surface area contributed by atoms with Crippen LogP contribution >= 0.6 is 23.2 Å². The van der Waals surface area contributed by atoms with E-state index in [2.05, 4.69) is 5.32 Å². The van der Waals surface area contributed by atoms with Crippen LogP contribution in [0.4, 0.5) is 0 Å². The number of aliphatic hydroxyl groups is 1. The lowest BCUT2D eigenvalue weighted by Gasteiger charge is -2.26. The number of nitrogens with one attached hydrogen (secondary N) is 1. The summed E-state index contributed by atoms with van der Waals surface area (Å²) in [6.07, 6.45) is 4.09. The van der Waals surface area contributed by atoms with Gasteiger partial charge in [-0.1, -0.05) is 29.6 Å². The zero-order valence-electron chi connectivity index (χ0n) is 10.3. The highest BCUT2D eigenvalue weighted by atomic mass is 35.5. The van der Waals surface area contributed by atoms with E-state index >= 15 is 0 Å². The second kappa shape index (κ2) is 6.76. The molecule has 2 atom stereocenters. The monoisotopic (exact) mass is 287 g/mol. The predicted octanol–water partition coefficient (Wildman–Crippen LogP) is 3.63. The molecule has 2 N–H and O–H groups in total. The molecule has 2 unspecified atom stereocenters. The van der Waals surface area contributed by atoms with Gasteiger partial charge in [-0.25, -0.2) is 0 Å². The van der Waals surface area contributed by atoms with Crippen molar-refractivity contribution in [2.75, 3.05) is 6.54 Å². The van der Waals surface area contributed by atoms with Crippen LogP contribution in [-0.2, 0) is 6.54 Å². The van der Waals surface area contributed by atoms with E-state index in [1.165, 1.54) is 6.42 Å². The highest BCUT2D eigenvalue weighted by Crippen LogP contribution is 2.24. The Morgan fingerprint density at radius 3 is 2.89 bits per heavy atom. The number of benzene rings is 1. The van der Waals surface area contributed by atoms with Gasteiger partial charge >= 0.3 is 0 Å². The molecular formula is C14H19Cl2NO. The molecule has 1 saturated carbocycles. The highest BCUT2D eigenvalue weighted by Gasteiger charge is 2.19. The zero-order chi connectivity index (χ0) is 13.0. The van der Waals surface area contributed by atoms with E-state index in [0.29, 0.717) is 10.9 Å². The van der Waals surface area contributed by atoms with Crippen LogP contribution in [0, 0.1) is 5.92 Å². The van der Waals surface area contributed by atoms with Crippen molar-refractivity contribution in [3.05, 3.63) is 33.8 Å². The molecule has 0 bridgehead atoms. The van der Waals surface area contributed by atoms with Gasteiger partial charge in [-0.05, 0) is 55.5 Å². The first-order chi connectivity index (χ1) is 8.65. The van der Waals surface area contributed by atoms with Crippen LogP contribution in [0.15, 0.2) is 18.2 Å². The topological polar surface area (TPSA) is 32.3 Å². The molecule has 0 aliphatic heterocycles. The molecule has 0 spiro atoms. The van der Waals surface area contributed by atoms with Crippen molar-refractivity contribution in [1.82, 2.24) is 5.32 Å². The second-order valence-corrected chi connectivity index (χ2v) is 5.90. The van der Waals surface area contributed by atoms with Gasteiger partial charge in [-0.3, -0.25) is 0 Å². The fraction of sp³-hybridized carbons (Fsp3) is 0.571. The molecule has 100 valence electrons. The molecule has 0 aromatic heterocycles. The molecule has 18 heavy (non-hydrogen) atoms. The summed E-state index contributed by atoms with van der Waals surface area (Å²) < 4.78 is 0. The van der Waals surface area contributed by atoms with Gasteiger partial charge in [0.05, 0.1) is 6.10 Å². The average Bonchev–Trinajstić information content (AvgIpc) is 2.34. The first-order valence-electron chi connectivity index (χ1n) is 6.48. The van der Waals surface area contributed by atoms with Gasteiger partial charge in [0, 0.05) is 16.6 Å². The third kappa shape index (κ3) is 4.13. The minimum atomic E-state index is -0.111. The number of aliphatic hydroxyl groups excluding tert-OH is 1. The Balaban J connectivity index is 1.79. The van der Waals surface area contributed by atoms with Gasteiger partial charge in [0.2, 0.25) is 0 Å². The van der Waals surface area contributed by atoms with Crippen LogP contribution in [0.1, 0.15) is 31.2 Å². The number of halogens is 2. The molecule has 1 fully saturated rings. The van der Waals surface area contributed by atoms with Crippen molar-refractivity contribution in [2.45, 2.75) is 38.3 Å². The molecule has 1 aromatic rings. The lowest BCUT2D eigenvalue weighted by atomic mass is 9.87. The van der Waals surface area contributed by atoms with Crippen LogP contribution in [0.3, 0.4) is 0 Å². The Labute approximate surface area is 118 Å². The molecule has 0 radical (unpaired) electrons. The van der Waals surface area contributed by atoms with Crippen LogP contribution in [-0.4, -0.2) is 17.8 Å². The molecule has 0 heterocycles. The largest absolute Gasteiger partial charge is 0.393 e. The Hall–Kier alpha value is -0.280. The maximum atomic E-state index is 9.61. The second-order valence-electron chi connectivity index (χ2n) is 5.05. The molecule has 2 rings (SSSR count). The van der Waals surface area contributed by atoms with E-state index in [0.717, 1.165) is 42.9 Å². The molecule has 1 aromatic carbocycles. The van der Waals surface area contributed by atoms with E-state index in [-0.39, 0.29) is 6.10 Å². The molecular weight excluding hydrogens is 269 g/mol. The molecule has 0 saturated heterocycles. The predicted molar refractivity (Wildman–Crippen MR) is 76.1 cm³/mol. The Morgan fingerprint density at radius 1 is 1.28 bits per heavy atom. The number of hydrogen-bond donors (Lipinski definition) is 2. The van der Waals surface area contributed by atoms with Crippen LogP contribution < -0.4 is 5.32 Å². The first-order valence-corrected chi connectivity index (χ1v) is 7.23. The van der Waals surface area contributed by atoms with E-state index < -0.39 is 0 Å². The fourth-order valence-corrected chi connectivity index (χ4v) is 2.92. The van der Waals surface area contributed by atoms with E-state index in [1.807, 2.05) is 12.1 Å². The third-order valence-corrected chi connectivity index (χ3v) is 4.12. The minimum Gasteiger partial charge on any atom is -0.393 e. The van der Waals surface area contributed by atoms with Crippen molar-refractivity contribution in [1.29, 1.82) is 0 Å². The van der Waals surface area contributed by atoms with Crippen LogP contribution in [0.25, 0.3) is 0 Å². The smallest absolute Gasteiger partial charge is 0.0543 e. The summed E-state index contributed by atoms with van der Waals surface area (Å²) in [6.45, 7) is 1.66. The van der Waals surface area contributed by atoms with Gasteiger partial charge in [-0.15, -0.1) is 0 Å². The molecule has 2 nitrogen and oxygen atoms in total. The van der Waals surface area contributed by atoms with Crippen molar-refractivity contribution in [3.63, 3.8) is 0 Å². The van der Waals surface area contributed by atoms with Crippen molar-refractivity contribution < 1.29 is 5.11 Å². The van der Waals surface area contributed by atoms with E-state index in [1.54, 1.807) is 6.07 Å². The normalized spacial score (nSPS) is 24.2. The van der Waals surface area contributed by atoms with Gasteiger partial charge in [-0.2, -0.15) is 0 Å². The number of hydrogen-bond acceptors (Lipinski definition) is 2. The number of rotatable bonds is 4. The summed E-state index contributed by atoms with van der Waals surface area (Å²) in [6, 6.07) is 5.52. The molecule has 1 aliphatic rings. The summed E-state index contributed by atoms with van der Waals surface area (Å²) in [5.74, 6) is 0.576. The Bertz CT molecular complexity index is 397. The molecule has 0 amide bonds. The van der Waals surface area contributed by atoms with Crippen molar-refractivity contribution in [3.8, 4) is 0 Å². The van der Waals surface area contributed by atoms with Crippen LogP contribution in [0.5, 0.6) is 0 Å². The lowest BCUT2D eigenvalue weighted by Crippen LogP contribution is -2.28. The van der Waals surface area contributed by atoms with Gasteiger partial charge < -0.3 is 10.4 Å². The van der Waals surface area contributed by atoms with Crippen molar-refractivity contribution in [2.24, 2.45) is 5.92 Å². The zero-order valence-corrected chi connectivity index (χ0v) is 11.8. The standard InChI is InChI=1S/C14H19Cl2NO/c15-12-4-5-14(16)11(7-12)9-17-8-10-2-1-3-13(18)6-10/h4-5,7,10,13,17-18H,1-3,6,8-9H2. The summed E-state index contributed by atoms with van der Waals surface area (Å²) in [4.78, 5) is 0. The van der Waals surface area contributed by atoms with E-state index in [4.69, 9.17) is 23.2 Å². The molecule has 4 heteroatoms. The van der Waals surface area contributed by atoms with Gasteiger partial charge in [0.1, 0.15) is 0 Å². The van der Waals surface area contributed by atoms with Crippen LogP contribution in [0.2, 0.25) is 10.0 Å². The maximum Gasteiger partial charge on any atom is 0.0543 e. The first kappa shape index (κ1) is 14.1. The van der Waals surface area contributed by atoms with E-state index in [9.17, 15) is 5.11 Å². The van der Waals surface area contributed by atoms with Gasteiger partial charge in [0.15, 0.2) is 0 Å². The SMILES string of the molecule is OC1CCCC(CNCc2cc(Cl)ccc2Cl)C1. The average molecular weight is 288 g/mol. The summed E-state index contributed by atoms with van der Waals surface area (Å²) in [5, 5.41) is 14.5. The molecule has 1 aliphatic carbocycles. The summed E-state index contributed by atoms with van der Waals surface area (Å²) >= 11 is 12.0. The summed E-state index contributed by atoms with van der Waals surface area (Å²) in [7, 11) is 0. The fourth-order valence-electron chi connectivity index (χ4n) is 2.54. The maximum absolute atomic E-state index is 9.61. The Kier molecular flexibility index (Phi) is 5.31. The quantitative estimate of drug-likeness (QED) is 0.886. The Morgan fingerprint density at radius 2 is 2.11 bits per heavy atom. The lowest BCUT2D eigenvalue weighted by molar-refractivity contribution is 0.101. The van der Waals surface area contributed by atoms with Gasteiger partial charge in [0.25, 0.3) is 0 Å².